The first-order chi connectivity index (χ1) is 9.16. The quantitative estimate of drug-likeness (QED) is 0.848. The zero-order chi connectivity index (χ0) is 13.7. The van der Waals surface area contributed by atoms with E-state index in [0.717, 1.165) is 22.6 Å². The number of carboxylic acid groups (broad SMARTS) is 1. The summed E-state index contributed by atoms with van der Waals surface area (Å²) in [6.07, 6.45) is 4.54. The molecule has 0 atom stereocenters. The topological polar surface area (TPSA) is 50.2 Å². The van der Waals surface area contributed by atoms with Crippen molar-refractivity contribution in [2.75, 3.05) is 5.75 Å². The average Bonchev–Trinajstić information content (AvgIpc) is 2.41. The first-order valence-electron chi connectivity index (χ1n) is 6.02. The highest BCUT2D eigenvalue weighted by Crippen LogP contribution is 2.22. The van der Waals surface area contributed by atoms with Gasteiger partial charge in [0.2, 0.25) is 0 Å². The number of aromatic carboxylic acids is 1. The zero-order valence-electron chi connectivity index (χ0n) is 10.7. The summed E-state index contributed by atoms with van der Waals surface area (Å²) in [6.45, 7) is 1.81. The molecular weight excluding hydrogens is 258 g/mol. The molecule has 0 aliphatic rings. The maximum Gasteiger partial charge on any atom is 0.335 e. The average molecular weight is 273 g/mol. The molecule has 3 nitrogen and oxygen atoms in total. The Morgan fingerprint density at radius 1 is 1.37 bits per heavy atom. The number of pyridine rings is 1. The standard InChI is InChI=1S/C15H15NO2S/c1-11-4-5-13(9-14(11)15(17)18)19-8-6-12-3-2-7-16-10-12/h2-5,7,9-10H,6,8H2,1H3,(H,17,18). The number of carboxylic acids is 1. The Kier molecular flexibility index (Phi) is 4.58. The lowest BCUT2D eigenvalue weighted by atomic mass is 10.1. The van der Waals surface area contributed by atoms with Crippen molar-refractivity contribution in [3.63, 3.8) is 0 Å². The van der Waals surface area contributed by atoms with Crippen LogP contribution in [0.1, 0.15) is 21.5 Å². The highest BCUT2D eigenvalue weighted by atomic mass is 32.2. The number of rotatable bonds is 5. The second kappa shape index (κ2) is 6.38. The van der Waals surface area contributed by atoms with Gasteiger partial charge in [0.15, 0.2) is 0 Å². The molecule has 0 unspecified atom stereocenters. The van der Waals surface area contributed by atoms with Gasteiger partial charge in [0, 0.05) is 23.0 Å². The summed E-state index contributed by atoms with van der Waals surface area (Å²) in [5.41, 5.74) is 2.37. The minimum absolute atomic E-state index is 0.381. The molecule has 4 heteroatoms. The predicted octanol–water partition coefficient (Wildman–Crippen LogP) is 3.42. The van der Waals surface area contributed by atoms with Crippen LogP contribution in [0.2, 0.25) is 0 Å². The Labute approximate surface area is 116 Å². The first-order valence-corrected chi connectivity index (χ1v) is 7.01. The van der Waals surface area contributed by atoms with Gasteiger partial charge in [-0.25, -0.2) is 4.79 Å². The fourth-order valence-corrected chi connectivity index (χ4v) is 2.69. The summed E-state index contributed by atoms with van der Waals surface area (Å²) in [7, 11) is 0. The van der Waals surface area contributed by atoms with Gasteiger partial charge < -0.3 is 5.11 Å². The third kappa shape index (κ3) is 3.83. The third-order valence-corrected chi connectivity index (χ3v) is 3.82. The third-order valence-electron chi connectivity index (χ3n) is 2.82. The van der Waals surface area contributed by atoms with E-state index in [2.05, 4.69) is 4.98 Å². The summed E-state index contributed by atoms with van der Waals surface area (Å²) in [6, 6.07) is 9.54. The first kappa shape index (κ1) is 13.6. The van der Waals surface area contributed by atoms with Crippen molar-refractivity contribution in [3.8, 4) is 0 Å². The van der Waals surface area contributed by atoms with Gasteiger partial charge in [-0.15, -0.1) is 11.8 Å². The number of aromatic nitrogens is 1. The molecule has 0 spiro atoms. The van der Waals surface area contributed by atoms with Gasteiger partial charge in [-0.3, -0.25) is 4.98 Å². The SMILES string of the molecule is Cc1ccc(SCCc2cccnc2)cc1C(=O)O. The minimum atomic E-state index is -0.868. The van der Waals surface area contributed by atoms with E-state index in [1.54, 1.807) is 24.0 Å². The van der Waals surface area contributed by atoms with Crippen molar-refractivity contribution < 1.29 is 9.90 Å². The number of benzene rings is 1. The van der Waals surface area contributed by atoms with Crippen LogP contribution in [0.5, 0.6) is 0 Å². The molecule has 0 aliphatic carbocycles. The van der Waals surface area contributed by atoms with Gasteiger partial charge in [-0.05, 0) is 42.7 Å². The second-order valence-corrected chi connectivity index (χ2v) is 5.41. The van der Waals surface area contributed by atoms with Gasteiger partial charge >= 0.3 is 5.97 Å². The van der Waals surface area contributed by atoms with Gasteiger partial charge in [0.1, 0.15) is 0 Å². The summed E-state index contributed by atoms with van der Waals surface area (Å²) in [5.74, 6) is 0.0422. The van der Waals surface area contributed by atoms with Crippen LogP contribution in [0.25, 0.3) is 0 Å². The number of nitrogens with zero attached hydrogens (tertiary/aromatic N) is 1. The van der Waals surface area contributed by atoms with Crippen LogP contribution in [-0.2, 0) is 6.42 Å². The molecule has 0 saturated carbocycles. The van der Waals surface area contributed by atoms with E-state index in [1.165, 1.54) is 5.56 Å². The fraction of sp³-hybridized carbons (Fsp3) is 0.200. The van der Waals surface area contributed by atoms with E-state index >= 15 is 0 Å². The Morgan fingerprint density at radius 2 is 2.21 bits per heavy atom. The van der Waals surface area contributed by atoms with E-state index < -0.39 is 5.97 Å². The lowest BCUT2D eigenvalue weighted by molar-refractivity contribution is 0.0696. The molecule has 0 amide bonds. The monoisotopic (exact) mass is 273 g/mol. The van der Waals surface area contributed by atoms with Crippen molar-refractivity contribution in [1.29, 1.82) is 0 Å². The van der Waals surface area contributed by atoms with Crippen LogP contribution < -0.4 is 0 Å². The number of carbonyl (C=O) groups is 1. The molecule has 1 aromatic heterocycles. The number of thioether (sulfide) groups is 1. The fourth-order valence-electron chi connectivity index (χ4n) is 1.75. The van der Waals surface area contributed by atoms with Crippen molar-refractivity contribution >= 4 is 17.7 Å². The molecule has 0 radical (unpaired) electrons. The molecule has 1 heterocycles. The molecule has 1 aromatic carbocycles. The smallest absolute Gasteiger partial charge is 0.335 e. The molecule has 2 rings (SSSR count). The summed E-state index contributed by atoms with van der Waals surface area (Å²) >= 11 is 1.66. The highest BCUT2D eigenvalue weighted by molar-refractivity contribution is 7.99. The van der Waals surface area contributed by atoms with Crippen LogP contribution in [0.3, 0.4) is 0 Å². The van der Waals surface area contributed by atoms with E-state index in [9.17, 15) is 4.79 Å². The lowest BCUT2D eigenvalue weighted by Crippen LogP contribution is -1.99. The van der Waals surface area contributed by atoms with Crippen LogP contribution in [0, 0.1) is 6.92 Å². The van der Waals surface area contributed by atoms with Crippen molar-refractivity contribution in [1.82, 2.24) is 4.98 Å². The van der Waals surface area contributed by atoms with Crippen molar-refractivity contribution in [2.45, 2.75) is 18.2 Å². The molecule has 0 saturated heterocycles. The van der Waals surface area contributed by atoms with Gasteiger partial charge in [0.25, 0.3) is 0 Å². The summed E-state index contributed by atoms with van der Waals surface area (Å²) in [4.78, 5) is 16.1. The lowest BCUT2D eigenvalue weighted by Gasteiger charge is -2.05. The molecule has 0 bridgehead atoms. The molecule has 19 heavy (non-hydrogen) atoms. The normalized spacial score (nSPS) is 10.4. The van der Waals surface area contributed by atoms with Crippen LogP contribution in [0.15, 0.2) is 47.6 Å². The van der Waals surface area contributed by atoms with Gasteiger partial charge in [-0.1, -0.05) is 12.1 Å². The largest absolute Gasteiger partial charge is 0.478 e. The highest BCUT2D eigenvalue weighted by Gasteiger charge is 2.07. The van der Waals surface area contributed by atoms with Crippen molar-refractivity contribution in [3.05, 3.63) is 59.4 Å². The van der Waals surface area contributed by atoms with Crippen molar-refractivity contribution in [2.24, 2.45) is 0 Å². The van der Waals surface area contributed by atoms with Crippen LogP contribution >= 0.6 is 11.8 Å². The predicted molar refractivity (Wildman–Crippen MR) is 76.8 cm³/mol. The van der Waals surface area contributed by atoms with E-state index in [1.807, 2.05) is 37.4 Å². The van der Waals surface area contributed by atoms with Gasteiger partial charge in [-0.2, -0.15) is 0 Å². The Morgan fingerprint density at radius 3 is 2.89 bits per heavy atom. The Bertz CT molecular complexity index is 570. The molecule has 98 valence electrons. The maximum atomic E-state index is 11.1. The van der Waals surface area contributed by atoms with E-state index in [0.29, 0.717) is 5.56 Å². The summed E-state index contributed by atoms with van der Waals surface area (Å²) in [5, 5.41) is 9.08. The number of hydrogen-bond acceptors (Lipinski definition) is 3. The molecule has 1 N–H and O–H groups in total. The van der Waals surface area contributed by atoms with Crippen LogP contribution in [0.4, 0.5) is 0 Å². The van der Waals surface area contributed by atoms with Gasteiger partial charge in [0.05, 0.1) is 5.56 Å². The number of hydrogen-bond donors (Lipinski definition) is 1. The van der Waals surface area contributed by atoms with E-state index in [4.69, 9.17) is 5.11 Å². The number of aryl methyl sites for hydroxylation is 2. The molecule has 2 aromatic rings. The minimum Gasteiger partial charge on any atom is -0.478 e. The maximum absolute atomic E-state index is 11.1. The Balaban J connectivity index is 1.97. The zero-order valence-corrected chi connectivity index (χ0v) is 11.5. The molecule has 0 aliphatic heterocycles. The Hall–Kier alpha value is -1.81. The second-order valence-electron chi connectivity index (χ2n) is 4.24. The van der Waals surface area contributed by atoms with E-state index in [-0.39, 0.29) is 0 Å². The molecule has 0 fully saturated rings. The summed E-state index contributed by atoms with van der Waals surface area (Å²) < 4.78 is 0. The molecular formula is C15H15NO2S. The van der Waals surface area contributed by atoms with Crippen LogP contribution in [-0.4, -0.2) is 21.8 Å².